The monoisotopic (exact) mass is 1070 g/mol. The van der Waals surface area contributed by atoms with Crippen molar-refractivity contribution in [1.82, 2.24) is 0 Å². The summed E-state index contributed by atoms with van der Waals surface area (Å²) in [7, 11) is 0. The van der Waals surface area contributed by atoms with E-state index in [1.165, 1.54) is 218 Å². The van der Waals surface area contributed by atoms with Crippen LogP contribution in [0.1, 0.15) is 342 Å². The van der Waals surface area contributed by atoms with Gasteiger partial charge in [-0.25, -0.2) is 0 Å². The van der Waals surface area contributed by atoms with Gasteiger partial charge in [-0.1, -0.05) is 286 Å². The van der Waals surface area contributed by atoms with Gasteiger partial charge in [0, 0.05) is 19.3 Å². The minimum absolute atomic E-state index is 0.0874. The Kier molecular flexibility index (Phi) is 62.7. The van der Waals surface area contributed by atoms with Gasteiger partial charge in [-0.3, -0.25) is 14.4 Å². The molecule has 0 bridgehead atoms. The van der Waals surface area contributed by atoms with E-state index in [4.69, 9.17) is 14.2 Å². The fourth-order valence-corrected chi connectivity index (χ4v) is 9.66. The minimum Gasteiger partial charge on any atom is -0.462 e. The van der Waals surface area contributed by atoms with E-state index in [1.807, 2.05) is 0 Å². The van der Waals surface area contributed by atoms with E-state index < -0.39 is 6.10 Å². The first-order chi connectivity index (χ1) is 38.0. The third-order valence-corrected chi connectivity index (χ3v) is 14.7. The van der Waals surface area contributed by atoms with E-state index in [-0.39, 0.29) is 31.1 Å². The molecular weight excluding hydrogens is 949 g/mol. The standard InChI is InChI=1S/C71H126O6/c1-4-7-10-13-16-19-22-25-28-30-32-33-34-35-36-37-39-40-43-46-49-52-55-58-61-64-70(73)76-67-68(66-75-69(72)63-60-57-54-51-48-45-42-27-24-21-18-15-12-9-6-3)77-71(74)65-62-59-56-53-50-47-44-41-38-31-29-26-23-20-17-14-11-8-5-2/h9,12,18,21,26-27,29-30,32,42,48,51,68H,4-8,10-11,13-17,19-20,22-25,28,31,33-41,43-47,49-50,52-67H2,1-3H3/b12-9-,21-18-,29-26-,32-30-,42-27-,51-48-. The highest BCUT2D eigenvalue weighted by Gasteiger charge is 2.19. The van der Waals surface area contributed by atoms with Crippen LogP contribution in [-0.2, 0) is 28.6 Å². The molecule has 1 unspecified atom stereocenters. The van der Waals surface area contributed by atoms with Crippen molar-refractivity contribution in [3.05, 3.63) is 72.9 Å². The smallest absolute Gasteiger partial charge is 0.306 e. The number of hydrogen-bond donors (Lipinski definition) is 0. The number of unbranched alkanes of at least 4 members (excludes halogenated alkanes) is 38. The van der Waals surface area contributed by atoms with Gasteiger partial charge in [0.25, 0.3) is 0 Å². The third-order valence-electron chi connectivity index (χ3n) is 14.7. The molecule has 0 aliphatic carbocycles. The summed E-state index contributed by atoms with van der Waals surface area (Å²) in [5, 5.41) is 0. The Bertz CT molecular complexity index is 1420. The molecule has 0 rings (SSSR count). The SMILES string of the molecule is CC/C=C\C/C=C\C/C=C\C/C=C\CCCCC(=O)OCC(COC(=O)CCCCCCCCCCCCCCC/C=C\CCCCCCCCCC)OC(=O)CCCCCCCCCCC/C=C\CCCCCCCC. The van der Waals surface area contributed by atoms with Crippen molar-refractivity contribution in [2.75, 3.05) is 13.2 Å². The average Bonchev–Trinajstić information content (AvgIpc) is 3.43. The lowest BCUT2D eigenvalue weighted by molar-refractivity contribution is -0.167. The normalized spacial score (nSPS) is 12.5. The topological polar surface area (TPSA) is 78.9 Å². The third kappa shape index (κ3) is 63.6. The van der Waals surface area contributed by atoms with Crippen LogP contribution >= 0.6 is 0 Å². The first kappa shape index (κ1) is 73.8. The summed E-state index contributed by atoms with van der Waals surface area (Å²) in [6.45, 7) is 6.53. The van der Waals surface area contributed by atoms with E-state index in [1.54, 1.807) is 0 Å². The summed E-state index contributed by atoms with van der Waals surface area (Å²) in [5.41, 5.74) is 0. The molecule has 0 saturated carbocycles. The van der Waals surface area contributed by atoms with Crippen LogP contribution in [0.5, 0.6) is 0 Å². The molecule has 0 fully saturated rings. The first-order valence-corrected chi connectivity index (χ1v) is 33.4. The molecule has 0 radical (unpaired) electrons. The average molecular weight is 1080 g/mol. The maximum Gasteiger partial charge on any atom is 0.306 e. The predicted molar refractivity (Wildman–Crippen MR) is 335 cm³/mol. The van der Waals surface area contributed by atoms with Gasteiger partial charge in [0.05, 0.1) is 0 Å². The molecule has 0 aliphatic heterocycles. The zero-order valence-corrected chi connectivity index (χ0v) is 51.2. The molecule has 6 nitrogen and oxygen atoms in total. The summed E-state index contributed by atoms with van der Waals surface area (Å²) in [5.74, 6) is -0.917. The van der Waals surface area contributed by atoms with Crippen molar-refractivity contribution in [1.29, 1.82) is 0 Å². The molecule has 0 aromatic carbocycles. The Morgan fingerprint density at radius 2 is 0.506 bits per heavy atom. The lowest BCUT2D eigenvalue weighted by atomic mass is 10.0. The second kappa shape index (κ2) is 65.4. The molecule has 0 aromatic rings. The minimum atomic E-state index is -0.794. The molecule has 1 atom stereocenters. The molecular formula is C71H126O6. The van der Waals surface area contributed by atoms with Crippen LogP contribution in [0.3, 0.4) is 0 Å². The van der Waals surface area contributed by atoms with Gasteiger partial charge in [-0.05, 0) is 109 Å². The number of carbonyl (C=O) groups is 3. The van der Waals surface area contributed by atoms with Crippen molar-refractivity contribution in [3.8, 4) is 0 Å². The molecule has 0 aromatic heterocycles. The Balaban J connectivity index is 4.33. The van der Waals surface area contributed by atoms with Gasteiger partial charge in [0.1, 0.15) is 13.2 Å². The van der Waals surface area contributed by atoms with Crippen molar-refractivity contribution >= 4 is 17.9 Å². The largest absolute Gasteiger partial charge is 0.462 e. The van der Waals surface area contributed by atoms with Gasteiger partial charge in [0.2, 0.25) is 0 Å². The molecule has 77 heavy (non-hydrogen) atoms. The fraction of sp³-hybridized carbons (Fsp3) is 0.789. The molecule has 6 heteroatoms. The Hall–Kier alpha value is -3.15. The zero-order chi connectivity index (χ0) is 55.7. The van der Waals surface area contributed by atoms with Gasteiger partial charge in [0.15, 0.2) is 6.10 Å². The second-order valence-corrected chi connectivity index (χ2v) is 22.3. The first-order valence-electron chi connectivity index (χ1n) is 33.4. The fourth-order valence-electron chi connectivity index (χ4n) is 9.66. The van der Waals surface area contributed by atoms with Crippen LogP contribution < -0.4 is 0 Å². The van der Waals surface area contributed by atoms with Crippen molar-refractivity contribution in [3.63, 3.8) is 0 Å². The number of hydrogen-bond acceptors (Lipinski definition) is 6. The lowest BCUT2D eigenvalue weighted by Gasteiger charge is -2.18. The number of rotatable bonds is 61. The van der Waals surface area contributed by atoms with Gasteiger partial charge in [-0.15, -0.1) is 0 Å². The molecule has 446 valence electrons. The molecule has 0 aliphatic rings. The number of ether oxygens (including phenoxy) is 3. The summed E-state index contributed by atoms with van der Waals surface area (Å²) in [4.78, 5) is 38.3. The maximum atomic E-state index is 12.9. The Morgan fingerprint density at radius 1 is 0.273 bits per heavy atom. The van der Waals surface area contributed by atoms with Crippen molar-refractivity contribution in [2.24, 2.45) is 0 Å². The lowest BCUT2D eigenvalue weighted by Crippen LogP contribution is -2.30. The molecule has 0 heterocycles. The van der Waals surface area contributed by atoms with Crippen LogP contribution in [0.2, 0.25) is 0 Å². The number of carbonyl (C=O) groups excluding carboxylic acids is 3. The maximum absolute atomic E-state index is 12.9. The van der Waals surface area contributed by atoms with Gasteiger partial charge < -0.3 is 14.2 Å². The summed E-state index contributed by atoms with van der Waals surface area (Å²) >= 11 is 0. The quantitative estimate of drug-likeness (QED) is 0.0261. The van der Waals surface area contributed by atoms with Crippen LogP contribution in [0.15, 0.2) is 72.9 Å². The molecule has 0 N–H and O–H groups in total. The van der Waals surface area contributed by atoms with Crippen LogP contribution in [0, 0.1) is 0 Å². The second-order valence-electron chi connectivity index (χ2n) is 22.3. The Labute approximate surface area is 478 Å². The summed E-state index contributed by atoms with van der Waals surface area (Å²) < 4.78 is 16.9. The highest BCUT2D eigenvalue weighted by atomic mass is 16.6. The Morgan fingerprint density at radius 3 is 0.831 bits per heavy atom. The highest BCUT2D eigenvalue weighted by molar-refractivity contribution is 5.71. The van der Waals surface area contributed by atoms with E-state index in [2.05, 4.69) is 93.7 Å². The zero-order valence-electron chi connectivity index (χ0n) is 51.2. The van der Waals surface area contributed by atoms with Gasteiger partial charge >= 0.3 is 17.9 Å². The van der Waals surface area contributed by atoms with E-state index in [0.29, 0.717) is 19.3 Å². The predicted octanol–water partition coefficient (Wildman–Crippen LogP) is 22.9. The van der Waals surface area contributed by atoms with Gasteiger partial charge in [-0.2, -0.15) is 0 Å². The van der Waals surface area contributed by atoms with Crippen LogP contribution in [0.4, 0.5) is 0 Å². The molecule has 0 spiro atoms. The van der Waals surface area contributed by atoms with Crippen LogP contribution in [-0.4, -0.2) is 37.2 Å². The van der Waals surface area contributed by atoms with Crippen LogP contribution in [0.25, 0.3) is 0 Å². The summed E-state index contributed by atoms with van der Waals surface area (Å²) in [6, 6.07) is 0. The molecule has 0 amide bonds. The van der Waals surface area contributed by atoms with Crippen molar-refractivity contribution < 1.29 is 28.6 Å². The summed E-state index contributed by atoms with van der Waals surface area (Å²) in [6.07, 6.45) is 85.0. The van der Waals surface area contributed by atoms with Crippen molar-refractivity contribution in [2.45, 2.75) is 348 Å². The highest BCUT2D eigenvalue weighted by Crippen LogP contribution is 2.17. The van der Waals surface area contributed by atoms with E-state index >= 15 is 0 Å². The van der Waals surface area contributed by atoms with E-state index in [0.717, 1.165) is 83.5 Å². The van der Waals surface area contributed by atoms with E-state index in [9.17, 15) is 14.4 Å². The molecule has 0 saturated heterocycles. The number of allylic oxidation sites excluding steroid dienone is 12. The number of esters is 3.